The lowest BCUT2D eigenvalue weighted by molar-refractivity contribution is 0.364. The van der Waals surface area contributed by atoms with E-state index in [1.165, 1.54) is 19.3 Å². The van der Waals surface area contributed by atoms with Gasteiger partial charge in [-0.05, 0) is 33.2 Å². The van der Waals surface area contributed by atoms with Crippen LogP contribution in [-0.2, 0) is 0 Å². The monoisotopic (exact) mass is 157 g/mol. The molecule has 0 aromatic carbocycles. The van der Waals surface area contributed by atoms with Gasteiger partial charge in [-0.3, -0.25) is 0 Å². The van der Waals surface area contributed by atoms with E-state index in [4.69, 9.17) is 0 Å². The van der Waals surface area contributed by atoms with E-state index in [1.807, 2.05) is 7.05 Å². The van der Waals surface area contributed by atoms with E-state index in [2.05, 4.69) is 33.0 Å². The third kappa shape index (κ3) is 6.36. The van der Waals surface area contributed by atoms with Gasteiger partial charge in [0.15, 0.2) is 0 Å². The number of rotatable bonds is 5. The Bertz CT molecular complexity index is 95.0. The molecule has 0 aromatic rings. The maximum atomic E-state index is 3.32. The molecule has 0 bridgehead atoms. The molecule has 0 radical (unpaired) electrons. The molecule has 0 saturated carbocycles. The maximum absolute atomic E-state index is 3.32. The summed E-state index contributed by atoms with van der Waals surface area (Å²) < 4.78 is 0. The zero-order valence-corrected chi connectivity index (χ0v) is 8.70. The number of nitrogens with one attached hydrogen (secondary N) is 1. The minimum Gasteiger partial charge on any atom is -0.315 e. The number of hydrogen-bond donors (Lipinski definition) is 1. The zero-order valence-electron chi connectivity index (χ0n) is 8.70. The fourth-order valence-corrected chi connectivity index (χ4v) is 1.08. The van der Waals surface area contributed by atoms with Gasteiger partial charge in [0.05, 0.1) is 0 Å². The third-order valence-corrected chi connectivity index (χ3v) is 2.26. The summed E-state index contributed by atoms with van der Waals surface area (Å²) in [6.07, 6.45) is 3.97. The molecule has 0 spiro atoms. The van der Waals surface area contributed by atoms with Gasteiger partial charge in [0.2, 0.25) is 0 Å². The van der Waals surface area contributed by atoms with Gasteiger partial charge in [-0.1, -0.05) is 26.7 Å². The molecule has 0 atom stereocenters. The van der Waals surface area contributed by atoms with Crippen LogP contribution in [-0.4, -0.2) is 12.6 Å². The molecule has 1 N–H and O–H groups in total. The van der Waals surface area contributed by atoms with Crippen LogP contribution in [0.25, 0.3) is 0 Å². The fourth-order valence-electron chi connectivity index (χ4n) is 1.08. The predicted molar refractivity (Wildman–Crippen MR) is 51.8 cm³/mol. The van der Waals surface area contributed by atoms with Crippen LogP contribution >= 0.6 is 0 Å². The Hall–Kier alpha value is -0.0400. The predicted octanol–water partition coefficient (Wildman–Crippen LogP) is 2.81. The maximum Gasteiger partial charge on any atom is 0.0122 e. The van der Waals surface area contributed by atoms with Gasteiger partial charge < -0.3 is 5.32 Å². The second kappa shape index (κ2) is 4.76. The lowest BCUT2D eigenvalue weighted by Crippen LogP contribution is -2.35. The highest BCUT2D eigenvalue weighted by Crippen LogP contribution is 2.14. The normalized spacial score (nSPS) is 12.5. The highest BCUT2D eigenvalue weighted by molar-refractivity contribution is 4.74. The average molecular weight is 157 g/mol. The van der Waals surface area contributed by atoms with Crippen LogP contribution in [0, 0.1) is 5.92 Å². The molecule has 0 heterocycles. The summed E-state index contributed by atoms with van der Waals surface area (Å²) in [5.41, 5.74) is 0.328. The molecular formula is C10H23N. The summed E-state index contributed by atoms with van der Waals surface area (Å²) in [5, 5.41) is 3.32. The minimum atomic E-state index is 0.328. The van der Waals surface area contributed by atoms with Crippen LogP contribution in [0.5, 0.6) is 0 Å². The van der Waals surface area contributed by atoms with Crippen molar-refractivity contribution in [3.8, 4) is 0 Å². The summed E-state index contributed by atoms with van der Waals surface area (Å²) in [6.45, 7) is 9.08. The van der Waals surface area contributed by atoms with Crippen molar-refractivity contribution in [2.45, 2.75) is 52.5 Å². The molecule has 0 aromatic heterocycles. The van der Waals surface area contributed by atoms with E-state index in [1.54, 1.807) is 0 Å². The summed E-state index contributed by atoms with van der Waals surface area (Å²) in [7, 11) is 2.04. The molecule has 11 heavy (non-hydrogen) atoms. The summed E-state index contributed by atoms with van der Waals surface area (Å²) in [5.74, 6) is 0.850. The molecule has 68 valence electrons. The van der Waals surface area contributed by atoms with Crippen molar-refractivity contribution in [1.29, 1.82) is 0 Å². The molecule has 0 unspecified atom stereocenters. The van der Waals surface area contributed by atoms with Crippen molar-refractivity contribution in [1.82, 2.24) is 5.32 Å². The van der Waals surface area contributed by atoms with E-state index in [9.17, 15) is 0 Å². The molecule has 0 amide bonds. The van der Waals surface area contributed by atoms with Gasteiger partial charge in [0.1, 0.15) is 0 Å². The first kappa shape index (κ1) is 11.0. The standard InChI is InChI=1S/C10H23N/c1-9(2)7-6-8-10(3,4)11-5/h9,11H,6-8H2,1-5H3. The average Bonchev–Trinajstić information content (AvgIpc) is 1.87. The smallest absolute Gasteiger partial charge is 0.0122 e. The molecular weight excluding hydrogens is 134 g/mol. The topological polar surface area (TPSA) is 12.0 Å². The van der Waals surface area contributed by atoms with E-state index in [0.717, 1.165) is 5.92 Å². The Morgan fingerprint density at radius 3 is 2.18 bits per heavy atom. The van der Waals surface area contributed by atoms with Crippen LogP contribution in [0.3, 0.4) is 0 Å². The first-order valence-electron chi connectivity index (χ1n) is 4.67. The highest BCUT2D eigenvalue weighted by Gasteiger charge is 2.13. The van der Waals surface area contributed by atoms with Crippen LogP contribution in [0.4, 0.5) is 0 Å². The molecule has 0 aliphatic carbocycles. The van der Waals surface area contributed by atoms with Crippen LogP contribution in [0.1, 0.15) is 47.0 Å². The molecule has 0 aliphatic heterocycles. The van der Waals surface area contributed by atoms with Crippen molar-refractivity contribution >= 4 is 0 Å². The Morgan fingerprint density at radius 2 is 1.82 bits per heavy atom. The second-order valence-corrected chi connectivity index (χ2v) is 4.42. The van der Waals surface area contributed by atoms with Crippen LogP contribution in [0.15, 0.2) is 0 Å². The first-order valence-corrected chi connectivity index (χ1v) is 4.67. The fraction of sp³-hybridized carbons (Fsp3) is 1.00. The van der Waals surface area contributed by atoms with Gasteiger partial charge in [-0.25, -0.2) is 0 Å². The molecule has 0 rings (SSSR count). The van der Waals surface area contributed by atoms with Crippen LogP contribution in [0.2, 0.25) is 0 Å². The SMILES string of the molecule is CNC(C)(C)CCCC(C)C. The van der Waals surface area contributed by atoms with Crippen molar-refractivity contribution in [2.24, 2.45) is 5.92 Å². The van der Waals surface area contributed by atoms with Gasteiger partial charge in [0, 0.05) is 5.54 Å². The van der Waals surface area contributed by atoms with E-state index < -0.39 is 0 Å². The quantitative estimate of drug-likeness (QED) is 0.647. The van der Waals surface area contributed by atoms with Crippen molar-refractivity contribution in [3.63, 3.8) is 0 Å². The minimum absolute atomic E-state index is 0.328. The lowest BCUT2D eigenvalue weighted by atomic mass is 9.95. The van der Waals surface area contributed by atoms with Crippen molar-refractivity contribution in [2.75, 3.05) is 7.05 Å². The van der Waals surface area contributed by atoms with Gasteiger partial charge in [-0.15, -0.1) is 0 Å². The molecule has 1 heteroatoms. The van der Waals surface area contributed by atoms with Gasteiger partial charge in [-0.2, -0.15) is 0 Å². The summed E-state index contributed by atoms with van der Waals surface area (Å²) >= 11 is 0. The number of hydrogen-bond acceptors (Lipinski definition) is 1. The molecule has 1 nitrogen and oxygen atoms in total. The molecule has 0 fully saturated rings. The first-order chi connectivity index (χ1) is 4.98. The summed E-state index contributed by atoms with van der Waals surface area (Å²) in [4.78, 5) is 0. The largest absolute Gasteiger partial charge is 0.315 e. The third-order valence-electron chi connectivity index (χ3n) is 2.26. The Kier molecular flexibility index (Phi) is 4.74. The van der Waals surface area contributed by atoms with Crippen molar-refractivity contribution in [3.05, 3.63) is 0 Å². The highest BCUT2D eigenvalue weighted by atomic mass is 14.9. The van der Waals surface area contributed by atoms with E-state index >= 15 is 0 Å². The zero-order chi connectivity index (χ0) is 8.91. The molecule has 0 saturated heterocycles. The van der Waals surface area contributed by atoms with Gasteiger partial charge >= 0.3 is 0 Å². The van der Waals surface area contributed by atoms with E-state index in [0.29, 0.717) is 5.54 Å². The Morgan fingerprint density at radius 1 is 1.27 bits per heavy atom. The molecule has 0 aliphatic rings. The second-order valence-electron chi connectivity index (χ2n) is 4.42. The van der Waals surface area contributed by atoms with Crippen molar-refractivity contribution < 1.29 is 0 Å². The van der Waals surface area contributed by atoms with Crippen LogP contribution < -0.4 is 5.32 Å². The Labute approximate surface area is 71.6 Å². The van der Waals surface area contributed by atoms with Gasteiger partial charge in [0.25, 0.3) is 0 Å². The van der Waals surface area contributed by atoms with E-state index in [-0.39, 0.29) is 0 Å². The Balaban J connectivity index is 3.38. The summed E-state index contributed by atoms with van der Waals surface area (Å²) in [6, 6.07) is 0. The lowest BCUT2D eigenvalue weighted by Gasteiger charge is -2.24.